The van der Waals surface area contributed by atoms with Gasteiger partial charge in [-0.1, -0.05) is 0 Å². The van der Waals surface area contributed by atoms with Crippen LogP contribution >= 0.6 is 0 Å². The highest BCUT2D eigenvalue weighted by molar-refractivity contribution is 5.98. The molecular formula is C13H15NO5. The zero-order chi connectivity index (χ0) is 13.8. The van der Waals surface area contributed by atoms with Gasteiger partial charge in [0.1, 0.15) is 24.7 Å². The van der Waals surface area contributed by atoms with Crippen LogP contribution in [0.1, 0.15) is 17.3 Å². The third-order valence-electron chi connectivity index (χ3n) is 2.73. The number of hydrogen-bond donors (Lipinski definition) is 1. The smallest absolute Gasteiger partial charge is 0.325 e. The van der Waals surface area contributed by atoms with Crippen molar-refractivity contribution in [2.45, 2.75) is 6.92 Å². The van der Waals surface area contributed by atoms with Crippen LogP contribution in [0.2, 0.25) is 0 Å². The third-order valence-corrected chi connectivity index (χ3v) is 2.73. The molecule has 1 aromatic rings. The summed E-state index contributed by atoms with van der Waals surface area (Å²) >= 11 is 0. The first-order valence-corrected chi connectivity index (χ1v) is 6.02. The maximum absolute atomic E-state index is 12.2. The molecule has 19 heavy (non-hydrogen) atoms. The number of carbonyl (C=O) groups is 2. The zero-order valence-corrected chi connectivity index (χ0v) is 10.6. The first-order chi connectivity index (χ1) is 9.11. The molecule has 0 fully saturated rings. The molecule has 102 valence electrons. The van der Waals surface area contributed by atoms with Gasteiger partial charge in [-0.05, 0) is 19.1 Å². The average Bonchev–Trinajstić information content (AvgIpc) is 2.50. The number of phenolic OH excluding ortho intramolecular Hbond substituents is 1. The lowest BCUT2D eigenvalue weighted by atomic mass is 10.1. The number of aromatic hydroxyl groups is 1. The summed E-state index contributed by atoms with van der Waals surface area (Å²) in [5, 5.41) is 9.37. The molecule has 0 radical (unpaired) electrons. The van der Waals surface area contributed by atoms with Crippen LogP contribution in [0.4, 0.5) is 0 Å². The Balaban J connectivity index is 2.19. The first kappa shape index (κ1) is 13.2. The molecular weight excluding hydrogens is 250 g/mol. The molecule has 0 saturated heterocycles. The number of carbonyl (C=O) groups excluding carboxylic acids is 2. The minimum absolute atomic E-state index is 0.0328. The Labute approximate surface area is 110 Å². The lowest BCUT2D eigenvalue weighted by molar-refractivity contribution is -0.143. The highest BCUT2D eigenvalue weighted by Crippen LogP contribution is 2.27. The van der Waals surface area contributed by atoms with Crippen LogP contribution in [-0.2, 0) is 9.53 Å². The van der Waals surface area contributed by atoms with E-state index < -0.39 is 5.97 Å². The molecule has 1 heterocycles. The second-order valence-electron chi connectivity index (χ2n) is 4.06. The summed E-state index contributed by atoms with van der Waals surface area (Å²) in [6.07, 6.45) is 0. The van der Waals surface area contributed by atoms with Crippen LogP contribution in [0.5, 0.6) is 11.5 Å². The second-order valence-corrected chi connectivity index (χ2v) is 4.06. The Bertz CT molecular complexity index is 500. The van der Waals surface area contributed by atoms with E-state index in [4.69, 9.17) is 9.47 Å². The van der Waals surface area contributed by atoms with Gasteiger partial charge >= 0.3 is 5.97 Å². The van der Waals surface area contributed by atoms with E-state index in [1.807, 2.05) is 0 Å². The van der Waals surface area contributed by atoms with E-state index in [-0.39, 0.29) is 31.4 Å². The van der Waals surface area contributed by atoms with E-state index >= 15 is 0 Å². The minimum Gasteiger partial charge on any atom is -0.508 e. The van der Waals surface area contributed by atoms with Crippen molar-refractivity contribution in [2.75, 3.05) is 26.3 Å². The van der Waals surface area contributed by atoms with E-state index in [0.29, 0.717) is 17.9 Å². The van der Waals surface area contributed by atoms with Gasteiger partial charge in [-0.2, -0.15) is 0 Å². The van der Waals surface area contributed by atoms with Gasteiger partial charge in [0.2, 0.25) is 0 Å². The highest BCUT2D eigenvalue weighted by Gasteiger charge is 2.25. The van der Waals surface area contributed by atoms with Gasteiger partial charge in [-0.15, -0.1) is 0 Å². The molecule has 6 heteroatoms. The number of benzene rings is 1. The van der Waals surface area contributed by atoms with Gasteiger partial charge < -0.3 is 19.5 Å². The first-order valence-electron chi connectivity index (χ1n) is 6.02. The number of amides is 1. The summed E-state index contributed by atoms with van der Waals surface area (Å²) in [6, 6.07) is 4.28. The highest BCUT2D eigenvalue weighted by atomic mass is 16.5. The number of ether oxygens (including phenoxy) is 2. The zero-order valence-electron chi connectivity index (χ0n) is 10.6. The lowest BCUT2D eigenvalue weighted by Gasteiger charge is -2.18. The summed E-state index contributed by atoms with van der Waals surface area (Å²) in [5.74, 6) is -0.389. The number of phenols is 1. The summed E-state index contributed by atoms with van der Waals surface area (Å²) in [5.41, 5.74) is 0.333. The molecule has 0 aliphatic carbocycles. The molecule has 1 amide bonds. The van der Waals surface area contributed by atoms with Crippen molar-refractivity contribution in [3.8, 4) is 11.5 Å². The normalized spacial score (nSPS) is 14.4. The van der Waals surface area contributed by atoms with Crippen molar-refractivity contribution < 1.29 is 24.2 Å². The van der Waals surface area contributed by atoms with Gasteiger partial charge in [-0.3, -0.25) is 9.59 Å². The van der Waals surface area contributed by atoms with Crippen LogP contribution in [0.3, 0.4) is 0 Å². The molecule has 0 unspecified atom stereocenters. The van der Waals surface area contributed by atoms with Crippen LogP contribution in [0.25, 0.3) is 0 Å². The summed E-state index contributed by atoms with van der Waals surface area (Å²) < 4.78 is 10.2. The molecule has 1 aliphatic rings. The van der Waals surface area contributed by atoms with Crippen molar-refractivity contribution in [1.82, 2.24) is 4.90 Å². The fourth-order valence-electron chi connectivity index (χ4n) is 1.86. The fraction of sp³-hybridized carbons (Fsp3) is 0.385. The average molecular weight is 265 g/mol. The summed E-state index contributed by atoms with van der Waals surface area (Å²) in [7, 11) is 0. The van der Waals surface area contributed by atoms with Gasteiger partial charge in [0.15, 0.2) is 0 Å². The second kappa shape index (κ2) is 5.60. The van der Waals surface area contributed by atoms with Crippen molar-refractivity contribution in [3.63, 3.8) is 0 Å². The van der Waals surface area contributed by atoms with Crippen LogP contribution in [0, 0.1) is 0 Å². The SMILES string of the molecule is CCOC(=O)CN1CCOc2cc(O)ccc2C1=O. The molecule has 1 aromatic carbocycles. The molecule has 0 bridgehead atoms. The van der Waals surface area contributed by atoms with E-state index in [1.54, 1.807) is 6.92 Å². The lowest BCUT2D eigenvalue weighted by Crippen LogP contribution is -2.37. The number of esters is 1. The molecule has 2 rings (SSSR count). The van der Waals surface area contributed by atoms with Crippen molar-refractivity contribution in [1.29, 1.82) is 0 Å². The van der Waals surface area contributed by atoms with Gasteiger partial charge in [0.25, 0.3) is 5.91 Å². The Kier molecular flexibility index (Phi) is 3.89. The summed E-state index contributed by atoms with van der Waals surface area (Å²) in [6.45, 7) is 2.45. The largest absolute Gasteiger partial charge is 0.508 e. The molecule has 0 atom stereocenters. The molecule has 6 nitrogen and oxygen atoms in total. The molecule has 0 spiro atoms. The standard InChI is InChI=1S/C13H15NO5/c1-2-18-12(16)8-14-5-6-19-11-7-9(15)3-4-10(11)13(14)17/h3-4,7,15H,2,5-6,8H2,1H3. The topological polar surface area (TPSA) is 76.1 Å². The number of rotatable bonds is 3. The predicted molar refractivity (Wildman–Crippen MR) is 66.1 cm³/mol. The number of fused-ring (bicyclic) bond motifs is 1. The van der Waals surface area contributed by atoms with Gasteiger partial charge in [0, 0.05) is 6.07 Å². The third kappa shape index (κ3) is 2.96. The Morgan fingerprint density at radius 1 is 1.53 bits per heavy atom. The molecule has 1 N–H and O–H groups in total. The van der Waals surface area contributed by atoms with Gasteiger partial charge in [0.05, 0.1) is 18.7 Å². The van der Waals surface area contributed by atoms with E-state index in [1.165, 1.54) is 23.1 Å². The Morgan fingerprint density at radius 3 is 3.05 bits per heavy atom. The molecule has 1 aliphatic heterocycles. The van der Waals surface area contributed by atoms with Gasteiger partial charge in [-0.25, -0.2) is 0 Å². The Morgan fingerprint density at radius 2 is 2.32 bits per heavy atom. The number of hydrogen-bond acceptors (Lipinski definition) is 5. The minimum atomic E-state index is -0.446. The quantitative estimate of drug-likeness (QED) is 0.818. The van der Waals surface area contributed by atoms with Crippen LogP contribution in [0.15, 0.2) is 18.2 Å². The molecule has 0 saturated carbocycles. The van der Waals surface area contributed by atoms with Crippen molar-refractivity contribution in [2.24, 2.45) is 0 Å². The Hall–Kier alpha value is -2.24. The van der Waals surface area contributed by atoms with Crippen molar-refractivity contribution in [3.05, 3.63) is 23.8 Å². The van der Waals surface area contributed by atoms with Crippen LogP contribution < -0.4 is 4.74 Å². The summed E-state index contributed by atoms with van der Waals surface area (Å²) in [4.78, 5) is 25.1. The van der Waals surface area contributed by atoms with Crippen LogP contribution in [-0.4, -0.2) is 48.2 Å². The molecule has 0 aromatic heterocycles. The van der Waals surface area contributed by atoms with E-state index in [0.717, 1.165) is 0 Å². The fourth-order valence-corrected chi connectivity index (χ4v) is 1.86. The monoisotopic (exact) mass is 265 g/mol. The van der Waals surface area contributed by atoms with E-state index in [9.17, 15) is 14.7 Å². The predicted octanol–water partition coefficient (Wildman–Crippen LogP) is 0.790. The maximum atomic E-state index is 12.2. The van der Waals surface area contributed by atoms with E-state index in [2.05, 4.69) is 0 Å². The maximum Gasteiger partial charge on any atom is 0.325 e. The number of nitrogens with zero attached hydrogens (tertiary/aromatic N) is 1. The van der Waals surface area contributed by atoms with Crippen molar-refractivity contribution >= 4 is 11.9 Å².